The number of amides is 2. The summed E-state index contributed by atoms with van der Waals surface area (Å²) in [7, 11) is 0. The molecule has 1 saturated heterocycles. The molecule has 4 aromatic rings. The smallest absolute Gasteiger partial charge is 0.417 e. The molecule has 0 saturated carbocycles. The van der Waals surface area contributed by atoms with Crippen molar-refractivity contribution in [2.75, 3.05) is 6.61 Å². The molecule has 0 bridgehead atoms. The molecule has 4 nitrogen and oxygen atoms in total. The molecule has 0 aromatic heterocycles. The maximum absolute atomic E-state index is 13.3. The quantitative estimate of drug-likeness (QED) is 0.307. The molecule has 0 N–H and O–H groups in total. The molecule has 0 radical (unpaired) electrons. The number of cyclic esters (lactones) is 1. The highest BCUT2D eigenvalue weighted by Crippen LogP contribution is 2.34. The second kappa shape index (κ2) is 10.2. The molecule has 1 atom stereocenters. The van der Waals surface area contributed by atoms with Gasteiger partial charge in [-0.3, -0.25) is 4.79 Å². The number of ether oxygens (including phenoxy) is 1. The average Bonchev–Trinajstić information content (AvgIpc) is 3.30. The Balaban J connectivity index is 1.43. The number of nitrogens with zero attached hydrogens (tertiary/aromatic N) is 1. The monoisotopic (exact) mass is 459 g/mol. The van der Waals surface area contributed by atoms with E-state index in [-0.39, 0.29) is 18.4 Å². The van der Waals surface area contributed by atoms with Crippen molar-refractivity contribution in [1.82, 2.24) is 4.90 Å². The third kappa shape index (κ3) is 4.92. The Bertz CT molecular complexity index is 1290. The van der Waals surface area contributed by atoms with Gasteiger partial charge < -0.3 is 4.74 Å². The number of hydrogen-bond acceptors (Lipinski definition) is 3. The van der Waals surface area contributed by atoms with E-state index in [2.05, 4.69) is 0 Å². The Labute approximate surface area is 205 Å². The van der Waals surface area contributed by atoms with Crippen molar-refractivity contribution in [2.24, 2.45) is 0 Å². The van der Waals surface area contributed by atoms with E-state index in [1.807, 2.05) is 115 Å². The number of benzene rings is 4. The molecule has 35 heavy (non-hydrogen) atoms. The van der Waals surface area contributed by atoms with Gasteiger partial charge in [-0.1, -0.05) is 109 Å². The first-order valence-corrected chi connectivity index (χ1v) is 11.6. The normalized spacial score (nSPS) is 15.5. The Kier molecular flexibility index (Phi) is 6.53. The van der Waals surface area contributed by atoms with Crippen LogP contribution in [-0.4, -0.2) is 29.5 Å². The van der Waals surface area contributed by atoms with Crippen molar-refractivity contribution < 1.29 is 14.3 Å². The molecule has 1 fully saturated rings. The van der Waals surface area contributed by atoms with E-state index in [4.69, 9.17) is 4.74 Å². The SMILES string of the molecule is O=C(C=Cc1cccc(-c2ccccc2)c1)N1C(=O)OCC1C(c1ccccc1)c1ccccc1. The first-order valence-electron chi connectivity index (χ1n) is 11.6. The first kappa shape index (κ1) is 22.4. The predicted molar refractivity (Wildman–Crippen MR) is 138 cm³/mol. The third-order valence-electron chi connectivity index (χ3n) is 6.26. The molecule has 0 spiro atoms. The molecule has 0 aliphatic carbocycles. The zero-order chi connectivity index (χ0) is 24.0. The second-order valence-electron chi connectivity index (χ2n) is 8.48. The van der Waals surface area contributed by atoms with Crippen molar-refractivity contribution in [3.63, 3.8) is 0 Å². The summed E-state index contributed by atoms with van der Waals surface area (Å²) < 4.78 is 5.38. The highest BCUT2D eigenvalue weighted by molar-refractivity contribution is 6.02. The topological polar surface area (TPSA) is 46.6 Å². The van der Waals surface area contributed by atoms with Gasteiger partial charge in [-0.05, 0) is 40.0 Å². The minimum absolute atomic E-state index is 0.149. The van der Waals surface area contributed by atoms with Crippen LogP contribution in [0.15, 0.2) is 121 Å². The summed E-state index contributed by atoms with van der Waals surface area (Å²) in [4.78, 5) is 27.2. The highest BCUT2D eigenvalue weighted by atomic mass is 16.6. The predicted octanol–water partition coefficient (Wildman–Crippen LogP) is 6.55. The van der Waals surface area contributed by atoms with Crippen molar-refractivity contribution >= 4 is 18.1 Å². The van der Waals surface area contributed by atoms with E-state index in [0.717, 1.165) is 27.8 Å². The molecule has 5 rings (SSSR count). The fraction of sp³-hybridized carbons (Fsp3) is 0.0968. The van der Waals surface area contributed by atoms with Gasteiger partial charge in [-0.25, -0.2) is 9.69 Å². The second-order valence-corrected chi connectivity index (χ2v) is 8.48. The van der Waals surface area contributed by atoms with Crippen LogP contribution in [-0.2, 0) is 9.53 Å². The minimum atomic E-state index is -0.612. The van der Waals surface area contributed by atoms with E-state index in [9.17, 15) is 9.59 Å². The van der Waals surface area contributed by atoms with Crippen molar-refractivity contribution in [1.29, 1.82) is 0 Å². The Hall–Kier alpha value is -4.44. The standard InChI is InChI=1S/C31H25NO3/c33-29(20-19-23-11-10-18-27(21-23)24-12-4-1-5-13-24)32-28(22-35-31(32)34)30(25-14-6-2-7-15-25)26-16-8-3-9-17-26/h1-21,28,30H,22H2. The molecular formula is C31H25NO3. The van der Waals surface area contributed by atoms with Gasteiger partial charge in [-0.15, -0.1) is 0 Å². The minimum Gasteiger partial charge on any atom is -0.447 e. The van der Waals surface area contributed by atoms with Crippen LogP contribution in [0.25, 0.3) is 17.2 Å². The molecule has 172 valence electrons. The van der Waals surface area contributed by atoms with Crippen LogP contribution in [0, 0.1) is 0 Å². The molecule has 1 aliphatic rings. The molecule has 4 aromatic carbocycles. The van der Waals surface area contributed by atoms with Gasteiger partial charge >= 0.3 is 6.09 Å². The van der Waals surface area contributed by atoms with Crippen LogP contribution in [0.4, 0.5) is 4.79 Å². The maximum Gasteiger partial charge on any atom is 0.417 e. The summed E-state index contributed by atoms with van der Waals surface area (Å²) in [6.07, 6.45) is 2.59. The van der Waals surface area contributed by atoms with Gasteiger partial charge in [0, 0.05) is 12.0 Å². The lowest BCUT2D eigenvalue weighted by atomic mass is 9.85. The molecule has 1 heterocycles. The summed E-state index contributed by atoms with van der Waals surface area (Å²) in [6.45, 7) is 0.149. The molecule has 1 unspecified atom stereocenters. The van der Waals surface area contributed by atoms with Gasteiger partial charge in [0.05, 0.1) is 6.04 Å². The van der Waals surface area contributed by atoms with Crippen LogP contribution < -0.4 is 0 Å². The third-order valence-corrected chi connectivity index (χ3v) is 6.26. The summed E-state index contributed by atoms with van der Waals surface area (Å²) in [5, 5.41) is 0. The van der Waals surface area contributed by atoms with Crippen LogP contribution in [0.5, 0.6) is 0 Å². The lowest BCUT2D eigenvalue weighted by Gasteiger charge is -2.28. The van der Waals surface area contributed by atoms with Gasteiger partial charge in [0.2, 0.25) is 0 Å². The number of imide groups is 1. The number of carbonyl (C=O) groups excluding carboxylic acids is 2. The summed E-state index contributed by atoms with van der Waals surface area (Å²) in [5.74, 6) is -0.581. The fourth-order valence-corrected chi connectivity index (χ4v) is 4.59. The molecule has 4 heteroatoms. The summed E-state index contributed by atoms with van der Waals surface area (Å²) in [6, 6.07) is 37.4. The lowest BCUT2D eigenvalue weighted by molar-refractivity contribution is -0.124. The summed E-state index contributed by atoms with van der Waals surface area (Å²) >= 11 is 0. The molecule has 2 amide bonds. The van der Waals surface area contributed by atoms with E-state index in [1.54, 1.807) is 6.08 Å². The fourth-order valence-electron chi connectivity index (χ4n) is 4.59. The van der Waals surface area contributed by atoms with E-state index in [0.29, 0.717) is 0 Å². The zero-order valence-corrected chi connectivity index (χ0v) is 19.2. The van der Waals surface area contributed by atoms with Gasteiger partial charge in [0.1, 0.15) is 6.61 Å². The zero-order valence-electron chi connectivity index (χ0n) is 19.2. The lowest BCUT2D eigenvalue weighted by Crippen LogP contribution is -2.41. The largest absolute Gasteiger partial charge is 0.447 e. The summed E-state index contributed by atoms with van der Waals surface area (Å²) in [5.41, 5.74) is 5.10. The van der Waals surface area contributed by atoms with Crippen molar-refractivity contribution in [3.8, 4) is 11.1 Å². The Morgan fingerprint density at radius 1 is 0.771 bits per heavy atom. The first-order chi connectivity index (χ1) is 17.2. The van der Waals surface area contributed by atoms with Gasteiger partial charge in [-0.2, -0.15) is 0 Å². The van der Waals surface area contributed by atoms with Gasteiger partial charge in [0.25, 0.3) is 5.91 Å². The molecule has 1 aliphatic heterocycles. The highest BCUT2D eigenvalue weighted by Gasteiger charge is 2.42. The van der Waals surface area contributed by atoms with Gasteiger partial charge in [0.15, 0.2) is 0 Å². The van der Waals surface area contributed by atoms with E-state index in [1.165, 1.54) is 11.0 Å². The Morgan fingerprint density at radius 2 is 1.34 bits per heavy atom. The number of hydrogen-bond donors (Lipinski definition) is 0. The van der Waals surface area contributed by atoms with Crippen LogP contribution in [0.2, 0.25) is 0 Å². The van der Waals surface area contributed by atoms with Crippen molar-refractivity contribution in [3.05, 3.63) is 138 Å². The van der Waals surface area contributed by atoms with E-state index >= 15 is 0 Å². The molecular weight excluding hydrogens is 434 g/mol. The Morgan fingerprint density at radius 3 is 1.97 bits per heavy atom. The van der Waals surface area contributed by atoms with Crippen LogP contribution in [0.3, 0.4) is 0 Å². The van der Waals surface area contributed by atoms with Crippen LogP contribution >= 0.6 is 0 Å². The maximum atomic E-state index is 13.3. The number of carbonyl (C=O) groups is 2. The number of rotatable bonds is 6. The van der Waals surface area contributed by atoms with E-state index < -0.39 is 12.1 Å². The van der Waals surface area contributed by atoms with Crippen LogP contribution in [0.1, 0.15) is 22.6 Å². The van der Waals surface area contributed by atoms with Crippen molar-refractivity contribution in [2.45, 2.75) is 12.0 Å². The average molecular weight is 460 g/mol.